The molecule has 0 radical (unpaired) electrons. The Morgan fingerprint density at radius 1 is 1.04 bits per heavy atom. The van der Waals surface area contributed by atoms with Crippen LogP contribution in [0.1, 0.15) is 17.4 Å². The minimum Gasteiger partial charge on any atom is -0.349 e. The lowest BCUT2D eigenvalue weighted by atomic mass is 10.3. The van der Waals surface area contributed by atoms with E-state index in [-0.39, 0.29) is 35.5 Å². The molecular formula is C16H18N4O4S. The highest BCUT2D eigenvalue weighted by molar-refractivity contribution is 7.89. The Morgan fingerprint density at radius 2 is 1.76 bits per heavy atom. The fraction of sp³-hybridized carbons (Fsp3) is 0.188. The Morgan fingerprint density at radius 3 is 2.36 bits per heavy atom. The maximum Gasteiger partial charge on any atom is 0.269 e. The van der Waals surface area contributed by atoms with Crippen molar-refractivity contribution in [1.82, 2.24) is 15.0 Å². The molecule has 132 valence electrons. The van der Waals surface area contributed by atoms with Crippen LogP contribution in [0.3, 0.4) is 0 Å². The number of benzene rings is 1. The molecule has 0 saturated carbocycles. The minimum atomic E-state index is -3.70. The summed E-state index contributed by atoms with van der Waals surface area (Å²) in [6, 6.07) is 10.7. The molecule has 2 aromatic rings. The smallest absolute Gasteiger partial charge is 0.269 e. The summed E-state index contributed by atoms with van der Waals surface area (Å²) in [6.07, 6.45) is 1.50. The summed E-state index contributed by atoms with van der Waals surface area (Å²) in [4.78, 5) is 26.7. The van der Waals surface area contributed by atoms with Gasteiger partial charge in [-0.15, -0.1) is 0 Å². The molecule has 1 heterocycles. The predicted octanol–water partition coefficient (Wildman–Crippen LogP) is 0.748. The molecule has 9 heteroatoms. The summed E-state index contributed by atoms with van der Waals surface area (Å²) in [6.45, 7) is 1.53. The van der Waals surface area contributed by atoms with Crippen molar-refractivity contribution in [2.24, 2.45) is 0 Å². The third-order valence-electron chi connectivity index (χ3n) is 3.09. The number of pyridine rings is 1. The Kier molecular flexibility index (Phi) is 6.20. The largest absolute Gasteiger partial charge is 0.349 e. The molecule has 0 aliphatic heterocycles. The first-order valence-corrected chi connectivity index (χ1v) is 8.93. The fourth-order valence-corrected chi connectivity index (χ4v) is 2.98. The Labute approximate surface area is 145 Å². The zero-order valence-corrected chi connectivity index (χ0v) is 14.3. The number of hydrogen-bond acceptors (Lipinski definition) is 5. The number of rotatable bonds is 7. The van der Waals surface area contributed by atoms with E-state index < -0.39 is 10.0 Å². The number of sulfonamides is 1. The van der Waals surface area contributed by atoms with Gasteiger partial charge in [-0.1, -0.05) is 6.07 Å². The van der Waals surface area contributed by atoms with Crippen molar-refractivity contribution in [2.75, 3.05) is 18.4 Å². The fourth-order valence-electron chi connectivity index (χ4n) is 1.95. The number of nitrogens with zero attached hydrogens (tertiary/aromatic N) is 1. The second-order valence-corrected chi connectivity index (χ2v) is 6.84. The summed E-state index contributed by atoms with van der Waals surface area (Å²) in [5.74, 6) is -0.614. The van der Waals surface area contributed by atoms with Crippen molar-refractivity contribution in [3.8, 4) is 0 Å². The quantitative estimate of drug-likeness (QED) is 0.628. The predicted molar refractivity (Wildman–Crippen MR) is 92.5 cm³/mol. The van der Waals surface area contributed by atoms with E-state index >= 15 is 0 Å². The molecule has 8 nitrogen and oxygen atoms in total. The van der Waals surface area contributed by atoms with E-state index in [2.05, 4.69) is 20.3 Å². The van der Waals surface area contributed by atoms with Gasteiger partial charge in [-0.05, 0) is 36.4 Å². The minimum absolute atomic E-state index is 0.0361. The molecule has 3 N–H and O–H groups in total. The SMILES string of the molecule is CC(=O)Nc1ccc(S(=O)(=O)NCCNC(=O)c2ccccn2)cc1. The summed E-state index contributed by atoms with van der Waals surface area (Å²) in [5, 5.41) is 5.13. The van der Waals surface area contributed by atoms with Crippen molar-refractivity contribution >= 4 is 27.5 Å². The number of hydrogen-bond donors (Lipinski definition) is 3. The van der Waals surface area contributed by atoms with Crippen molar-refractivity contribution in [3.05, 3.63) is 54.4 Å². The maximum atomic E-state index is 12.2. The topological polar surface area (TPSA) is 117 Å². The molecule has 0 unspecified atom stereocenters. The Hall–Kier alpha value is -2.78. The number of amides is 2. The number of nitrogens with one attached hydrogen (secondary N) is 3. The highest BCUT2D eigenvalue weighted by Gasteiger charge is 2.13. The molecule has 0 spiro atoms. The zero-order chi connectivity index (χ0) is 18.3. The summed E-state index contributed by atoms with van der Waals surface area (Å²) in [5.41, 5.74) is 0.771. The van der Waals surface area contributed by atoms with Crippen molar-refractivity contribution in [1.29, 1.82) is 0 Å². The van der Waals surface area contributed by atoms with E-state index in [9.17, 15) is 18.0 Å². The van der Waals surface area contributed by atoms with Crippen LogP contribution >= 0.6 is 0 Å². The van der Waals surface area contributed by atoms with Gasteiger partial charge >= 0.3 is 0 Å². The molecule has 0 aliphatic carbocycles. The van der Waals surface area contributed by atoms with E-state index in [1.54, 1.807) is 18.2 Å². The lowest BCUT2D eigenvalue weighted by molar-refractivity contribution is -0.114. The molecule has 0 atom stereocenters. The van der Waals surface area contributed by atoms with E-state index in [0.29, 0.717) is 5.69 Å². The summed E-state index contributed by atoms with van der Waals surface area (Å²) >= 11 is 0. The van der Waals surface area contributed by atoms with Crippen LogP contribution in [-0.2, 0) is 14.8 Å². The number of carbonyl (C=O) groups excluding carboxylic acids is 2. The zero-order valence-electron chi connectivity index (χ0n) is 13.5. The van der Waals surface area contributed by atoms with Crippen LogP contribution in [0.5, 0.6) is 0 Å². The van der Waals surface area contributed by atoms with Gasteiger partial charge in [-0.3, -0.25) is 14.6 Å². The lowest BCUT2D eigenvalue weighted by Crippen LogP contribution is -2.35. The monoisotopic (exact) mass is 362 g/mol. The normalized spacial score (nSPS) is 10.9. The number of anilines is 1. The van der Waals surface area contributed by atoms with Crippen LogP contribution in [0.25, 0.3) is 0 Å². The molecule has 1 aromatic heterocycles. The Balaban J connectivity index is 1.85. The van der Waals surface area contributed by atoms with Gasteiger partial charge in [-0.2, -0.15) is 0 Å². The molecule has 2 rings (SSSR count). The molecule has 1 aromatic carbocycles. The van der Waals surface area contributed by atoms with Gasteiger partial charge in [0.1, 0.15) is 5.69 Å². The second kappa shape index (κ2) is 8.36. The first-order valence-electron chi connectivity index (χ1n) is 7.45. The summed E-state index contributed by atoms with van der Waals surface area (Å²) in [7, 11) is -3.70. The van der Waals surface area contributed by atoms with Crippen molar-refractivity contribution in [2.45, 2.75) is 11.8 Å². The van der Waals surface area contributed by atoms with Crippen LogP contribution in [0, 0.1) is 0 Å². The highest BCUT2D eigenvalue weighted by Crippen LogP contribution is 2.13. The van der Waals surface area contributed by atoms with Crippen LogP contribution in [0.2, 0.25) is 0 Å². The van der Waals surface area contributed by atoms with Crippen LogP contribution in [-0.4, -0.2) is 38.3 Å². The standard InChI is InChI=1S/C16H18N4O4S/c1-12(21)20-13-5-7-14(8-6-13)25(23,24)19-11-10-18-16(22)15-4-2-3-9-17-15/h2-9,19H,10-11H2,1H3,(H,18,22)(H,20,21). The number of carbonyl (C=O) groups is 2. The first-order chi connectivity index (χ1) is 11.9. The highest BCUT2D eigenvalue weighted by atomic mass is 32.2. The first kappa shape index (κ1) is 18.6. The van der Waals surface area contributed by atoms with Gasteiger partial charge < -0.3 is 10.6 Å². The lowest BCUT2D eigenvalue weighted by Gasteiger charge is -2.09. The molecule has 0 fully saturated rings. The van der Waals surface area contributed by atoms with Crippen molar-refractivity contribution in [3.63, 3.8) is 0 Å². The van der Waals surface area contributed by atoms with Crippen LogP contribution in [0.15, 0.2) is 53.6 Å². The van der Waals surface area contributed by atoms with E-state index in [1.165, 1.54) is 37.4 Å². The third-order valence-corrected chi connectivity index (χ3v) is 4.56. The molecule has 2 amide bonds. The van der Waals surface area contributed by atoms with Crippen LogP contribution in [0.4, 0.5) is 5.69 Å². The van der Waals surface area contributed by atoms with Crippen molar-refractivity contribution < 1.29 is 18.0 Å². The second-order valence-electron chi connectivity index (χ2n) is 5.07. The molecule has 0 aliphatic rings. The average Bonchev–Trinajstić information content (AvgIpc) is 2.59. The van der Waals surface area contributed by atoms with Crippen LogP contribution < -0.4 is 15.4 Å². The van der Waals surface area contributed by atoms with Gasteiger partial charge in [0.2, 0.25) is 15.9 Å². The average molecular weight is 362 g/mol. The van der Waals surface area contributed by atoms with Gasteiger partial charge in [0, 0.05) is 31.9 Å². The molecular weight excluding hydrogens is 344 g/mol. The van der Waals surface area contributed by atoms with E-state index in [1.807, 2.05) is 0 Å². The van der Waals surface area contributed by atoms with Gasteiger partial charge in [-0.25, -0.2) is 13.1 Å². The van der Waals surface area contributed by atoms with Gasteiger partial charge in [0.25, 0.3) is 5.91 Å². The Bertz CT molecular complexity index is 836. The van der Waals surface area contributed by atoms with E-state index in [0.717, 1.165) is 0 Å². The summed E-state index contributed by atoms with van der Waals surface area (Å²) < 4.78 is 26.7. The number of aromatic nitrogens is 1. The van der Waals surface area contributed by atoms with Gasteiger partial charge in [0.05, 0.1) is 4.90 Å². The maximum absolute atomic E-state index is 12.2. The molecule has 25 heavy (non-hydrogen) atoms. The molecule has 0 saturated heterocycles. The van der Waals surface area contributed by atoms with Gasteiger partial charge in [0.15, 0.2) is 0 Å². The van der Waals surface area contributed by atoms with E-state index in [4.69, 9.17) is 0 Å². The third kappa shape index (κ3) is 5.66. The molecule has 0 bridgehead atoms.